The standard InChI is InChI=1S/C42H51N7O6/c1-24(2)31(22-36(50)54-4)41(52)49-20-8-12-35(49)39-45-32-10-6-9-29-21-28(17-18-30(29)37(32)47-39)26-13-15-27(16-14-26)33-23-43-38(46-33)34-11-7-19-48(34)40(51)25(3)44-42(53)55-5/h13-18,21,23-25,31,34-35H,6-12,19-20,22H2,1-5H3,(H,43,46)(H,44,53)(H,45,47)/t25-,31-,34-,35-/m0/s1. The van der Waals surface area contributed by atoms with Crippen molar-refractivity contribution >= 4 is 23.9 Å². The number of aryl methyl sites for hydroxylation is 2. The molecule has 1 aliphatic carbocycles. The normalized spacial score (nSPS) is 19.0. The minimum Gasteiger partial charge on any atom is -0.469 e. The van der Waals surface area contributed by atoms with E-state index in [2.05, 4.69) is 67.5 Å². The molecule has 3 aliphatic rings. The first-order valence-electron chi connectivity index (χ1n) is 19.5. The number of amides is 3. The number of ether oxygens (including phenoxy) is 2. The van der Waals surface area contributed by atoms with E-state index >= 15 is 0 Å². The summed E-state index contributed by atoms with van der Waals surface area (Å²) in [5.41, 5.74) is 8.54. The van der Waals surface area contributed by atoms with E-state index in [-0.39, 0.29) is 42.2 Å². The van der Waals surface area contributed by atoms with Gasteiger partial charge < -0.3 is 34.6 Å². The molecule has 0 saturated carbocycles. The van der Waals surface area contributed by atoms with E-state index in [0.29, 0.717) is 13.1 Å². The summed E-state index contributed by atoms with van der Waals surface area (Å²) in [6.45, 7) is 6.87. The van der Waals surface area contributed by atoms with Crippen molar-refractivity contribution in [3.63, 3.8) is 0 Å². The molecule has 3 N–H and O–H groups in total. The highest BCUT2D eigenvalue weighted by molar-refractivity contribution is 5.86. The van der Waals surface area contributed by atoms with Crippen molar-refractivity contribution in [3.05, 3.63) is 71.6 Å². The summed E-state index contributed by atoms with van der Waals surface area (Å²) in [7, 11) is 2.64. The van der Waals surface area contributed by atoms with Crippen LogP contribution < -0.4 is 5.32 Å². The minimum atomic E-state index is -0.703. The van der Waals surface area contributed by atoms with Gasteiger partial charge in [-0.1, -0.05) is 56.3 Å². The third-order valence-electron chi connectivity index (χ3n) is 11.5. The molecule has 4 heterocycles. The van der Waals surface area contributed by atoms with Crippen LogP contribution >= 0.6 is 0 Å². The highest BCUT2D eigenvalue weighted by Gasteiger charge is 2.39. The molecule has 0 unspecified atom stereocenters. The van der Waals surface area contributed by atoms with Gasteiger partial charge in [0.2, 0.25) is 11.8 Å². The van der Waals surface area contributed by atoms with Crippen molar-refractivity contribution in [2.45, 2.75) is 90.3 Å². The molecular formula is C42H51N7O6. The quantitative estimate of drug-likeness (QED) is 0.154. The highest BCUT2D eigenvalue weighted by atomic mass is 16.5. The van der Waals surface area contributed by atoms with Gasteiger partial charge in [-0.15, -0.1) is 0 Å². The van der Waals surface area contributed by atoms with Crippen LogP contribution in [0.4, 0.5) is 4.79 Å². The lowest BCUT2D eigenvalue weighted by atomic mass is 9.90. The van der Waals surface area contributed by atoms with Crippen molar-refractivity contribution in [2.75, 3.05) is 27.3 Å². The molecule has 2 fully saturated rings. The average Bonchev–Trinajstić information content (AvgIpc) is 4.02. The Hall–Kier alpha value is -5.46. The number of aromatic amines is 2. The average molecular weight is 750 g/mol. The number of alkyl carbamates (subject to hydrolysis) is 1. The van der Waals surface area contributed by atoms with E-state index < -0.39 is 18.1 Å². The number of nitrogens with zero attached hydrogens (tertiary/aromatic N) is 4. The molecule has 13 nitrogen and oxygen atoms in total. The Kier molecular flexibility index (Phi) is 11.1. The SMILES string of the molecule is COC(=O)C[C@H](C(=O)N1CCC[C@H]1c1nc2c([nH]1)CCCc1cc(-c3ccc(-c4cnc([C@@H]5CCCN5C(=O)[C@H](C)NC(=O)OC)[nH]4)cc3)ccc1-2)C(C)C. The molecule has 55 heavy (non-hydrogen) atoms. The second-order valence-corrected chi connectivity index (χ2v) is 15.3. The molecule has 2 aliphatic heterocycles. The summed E-state index contributed by atoms with van der Waals surface area (Å²) < 4.78 is 9.56. The van der Waals surface area contributed by atoms with Crippen molar-refractivity contribution in [3.8, 4) is 33.6 Å². The maximum atomic E-state index is 13.8. The number of nitrogens with one attached hydrogen (secondary N) is 3. The second-order valence-electron chi connectivity index (χ2n) is 15.3. The number of aromatic nitrogens is 4. The first kappa shape index (κ1) is 37.8. The number of H-pyrrole nitrogens is 2. The maximum Gasteiger partial charge on any atom is 0.407 e. The minimum absolute atomic E-state index is 0.00743. The van der Waals surface area contributed by atoms with Gasteiger partial charge in [-0.05, 0) is 80.0 Å². The zero-order valence-electron chi connectivity index (χ0n) is 32.3. The third-order valence-corrected chi connectivity index (χ3v) is 11.5. The molecule has 0 spiro atoms. The fraction of sp³-hybridized carbons (Fsp3) is 0.476. The molecule has 4 aromatic rings. The summed E-state index contributed by atoms with van der Waals surface area (Å²) in [6, 6.07) is 14.0. The number of benzene rings is 2. The van der Waals surface area contributed by atoms with E-state index in [1.807, 2.05) is 24.9 Å². The molecule has 2 aromatic carbocycles. The molecule has 7 rings (SSSR count). The molecule has 2 aromatic heterocycles. The summed E-state index contributed by atoms with van der Waals surface area (Å²) in [4.78, 5) is 71.3. The van der Waals surface area contributed by atoms with Gasteiger partial charge in [0, 0.05) is 24.3 Å². The number of carbonyl (C=O) groups excluding carboxylic acids is 4. The molecular weight excluding hydrogens is 699 g/mol. The smallest absolute Gasteiger partial charge is 0.407 e. The molecule has 290 valence electrons. The zero-order chi connectivity index (χ0) is 38.8. The van der Waals surface area contributed by atoms with Gasteiger partial charge in [-0.25, -0.2) is 14.8 Å². The van der Waals surface area contributed by atoms with Crippen LogP contribution in [0.25, 0.3) is 33.6 Å². The Morgan fingerprint density at radius 3 is 2.18 bits per heavy atom. The number of carbonyl (C=O) groups is 4. The van der Waals surface area contributed by atoms with Crippen LogP contribution in [0.5, 0.6) is 0 Å². The van der Waals surface area contributed by atoms with Gasteiger partial charge in [0.05, 0.1) is 56.2 Å². The number of rotatable bonds is 10. The van der Waals surface area contributed by atoms with Crippen LogP contribution in [0.2, 0.25) is 0 Å². The zero-order valence-corrected chi connectivity index (χ0v) is 32.3. The molecule has 0 radical (unpaired) electrons. The van der Waals surface area contributed by atoms with Crippen molar-refractivity contribution in [2.24, 2.45) is 11.8 Å². The molecule has 13 heteroatoms. The lowest BCUT2D eigenvalue weighted by Crippen LogP contribution is -2.46. The van der Waals surface area contributed by atoms with Crippen LogP contribution in [0.15, 0.2) is 48.7 Å². The Morgan fingerprint density at radius 1 is 0.818 bits per heavy atom. The second kappa shape index (κ2) is 16.1. The van der Waals surface area contributed by atoms with E-state index in [4.69, 9.17) is 9.72 Å². The Bertz CT molecular complexity index is 2050. The highest BCUT2D eigenvalue weighted by Crippen LogP contribution is 2.39. The van der Waals surface area contributed by atoms with Crippen LogP contribution in [-0.2, 0) is 36.7 Å². The van der Waals surface area contributed by atoms with Crippen molar-refractivity contribution in [1.29, 1.82) is 0 Å². The number of methoxy groups -OCH3 is 2. The van der Waals surface area contributed by atoms with E-state index in [1.165, 1.54) is 19.8 Å². The topological polar surface area (TPSA) is 163 Å². The molecule has 0 bridgehead atoms. The summed E-state index contributed by atoms with van der Waals surface area (Å²) in [6.07, 6.45) is 7.42. The number of fused-ring (bicyclic) bond motifs is 3. The molecule has 2 saturated heterocycles. The summed E-state index contributed by atoms with van der Waals surface area (Å²) in [5.74, 6) is 0.594. The van der Waals surface area contributed by atoms with Crippen LogP contribution in [0.3, 0.4) is 0 Å². The number of hydrogen-bond donors (Lipinski definition) is 3. The van der Waals surface area contributed by atoms with E-state index in [1.54, 1.807) is 11.8 Å². The monoisotopic (exact) mass is 749 g/mol. The number of imidazole rings is 2. The number of likely N-dealkylation sites (tertiary alicyclic amines) is 2. The Morgan fingerprint density at radius 2 is 1.49 bits per heavy atom. The first-order valence-corrected chi connectivity index (χ1v) is 19.5. The Labute approximate surface area is 321 Å². The summed E-state index contributed by atoms with van der Waals surface area (Å²) >= 11 is 0. The number of hydrogen-bond acceptors (Lipinski definition) is 8. The fourth-order valence-electron chi connectivity index (χ4n) is 8.41. The predicted molar refractivity (Wildman–Crippen MR) is 206 cm³/mol. The van der Waals surface area contributed by atoms with Crippen molar-refractivity contribution < 1.29 is 28.7 Å². The molecule has 3 amide bonds. The summed E-state index contributed by atoms with van der Waals surface area (Å²) in [5, 5.41) is 2.57. The van der Waals surface area contributed by atoms with E-state index in [9.17, 15) is 19.2 Å². The van der Waals surface area contributed by atoms with Gasteiger partial charge in [0.1, 0.15) is 17.7 Å². The van der Waals surface area contributed by atoms with Crippen LogP contribution in [0.1, 0.15) is 94.3 Å². The van der Waals surface area contributed by atoms with Crippen LogP contribution in [0, 0.1) is 11.8 Å². The van der Waals surface area contributed by atoms with Gasteiger partial charge in [0.15, 0.2) is 0 Å². The fourth-order valence-corrected chi connectivity index (χ4v) is 8.41. The number of esters is 1. The largest absolute Gasteiger partial charge is 0.469 e. The maximum absolute atomic E-state index is 13.8. The van der Waals surface area contributed by atoms with Gasteiger partial charge >= 0.3 is 12.1 Å². The van der Waals surface area contributed by atoms with Crippen LogP contribution in [-0.4, -0.2) is 87.0 Å². The third kappa shape index (κ3) is 7.74. The van der Waals surface area contributed by atoms with Gasteiger partial charge in [0.25, 0.3) is 0 Å². The lowest BCUT2D eigenvalue weighted by molar-refractivity contribution is -0.148. The molecule has 4 atom stereocenters. The van der Waals surface area contributed by atoms with E-state index in [0.717, 1.165) is 95.9 Å². The Balaban J connectivity index is 1.06. The first-order chi connectivity index (χ1) is 26.6. The lowest BCUT2D eigenvalue weighted by Gasteiger charge is -2.29. The predicted octanol–water partition coefficient (Wildman–Crippen LogP) is 6.53. The van der Waals surface area contributed by atoms with Gasteiger partial charge in [-0.3, -0.25) is 14.4 Å². The van der Waals surface area contributed by atoms with Crippen molar-refractivity contribution in [1.82, 2.24) is 35.1 Å². The van der Waals surface area contributed by atoms with Gasteiger partial charge in [-0.2, -0.15) is 0 Å².